The third-order valence-electron chi connectivity index (χ3n) is 3.32. The fourth-order valence-corrected chi connectivity index (χ4v) is 2.97. The van der Waals surface area contributed by atoms with Crippen LogP contribution in [0.5, 0.6) is 0 Å². The standard InChI is InChI=1S/C13H13ClN4OS/c14-10-3-1-2-9(6-10)12-8-15-4-5-18(12)13(19)11-7-16-20-17-11/h1-3,6-7,12,15H,4-5,8H2. The fraction of sp³-hybridized carbons (Fsp3) is 0.308. The molecule has 1 aliphatic heterocycles. The molecule has 5 nitrogen and oxygen atoms in total. The highest BCUT2D eigenvalue weighted by Crippen LogP contribution is 2.25. The van der Waals surface area contributed by atoms with Crippen LogP contribution in [0.15, 0.2) is 30.5 Å². The summed E-state index contributed by atoms with van der Waals surface area (Å²) >= 11 is 7.09. The second-order valence-corrected chi connectivity index (χ2v) is 5.56. The van der Waals surface area contributed by atoms with Crippen molar-refractivity contribution in [3.05, 3.63) is 46.7 Å². The molecule has 1 fully saturated rings. The molecule has 7 heteroatoms. The van der Waals surface area contributed by atoms with E-state index < -0.39 is 0 Å². The number of hydrogen-bond acceptors (Lipinski definition) is 5. The van der Waals surface area contributed by atoms with Gasteiger partial charge < -0.3 is 10.2 Å². The Morgan fingerprint density at radius 3 is 3.15 bits per heavy atom. The predicted octanol–water partition coefficient (Wildman–Crippen LogP) is 1.98. The molecule has 1 N–H and O–H groups in total. The van der Waals surface area contributed by atoms with Gasteiger partial charge in [0.2, 0.25) is 0 Å². The SMILES string of the molecule is O=C(c1cnsn1)N1CCNCC1c1cccc(Cl)c1. The summed E-state index contributed by atoms with van der Waals surface area (Å²) in [6.07, 6.45) is 1.52. The van der Waals surface area contributed by atoms with Gasteiger partial charge in [-0.05, 0) is 17.7 Å². The third-order valence-corrected chi connectivity index (χ3v) is 4.03. The van der Waals surface area contributed by atoms with Crippen LogP contribution in [0.3, 0.4) is 0 Å². The number of rotatable bonds is 2. The number of hydrogen-bond donors (Lipinski definition) is 1. The molecule has 0 aliphatic carbocycles. The number of nitrogens with one attached hydrogen (secondary N) is 1. The van der Waals surface area contributed by atoms with Gasteiger partial charge in [-0.1, -0.05) is 23.7 Å². The normalized spacial score (nSPS) is 19.1. The molecule has 0 bridgehead atoms. The van der Waals surface area contributed by atoms with E-state index >= 15 is 0 Å². The van der Waals surface area contributed by atoms with Gasteiger partial charge in [0.1, 0.15) is 0 Å². The lowest BCUT2D eigenvalue weighted by Gasteiger charge is -2.36. The molecule has 1 amide bonds. The number of aromatic nitrogens is 2. The molecule has 20 heavy (non-hydrogen) atoms. The van der Waals surface area contributed by atoms with Crippen molar-refractivity contribution in [1.82, 2.24) is 19.0 Å². The molecular weight excluding hydrogens is 296 g/mol. The third kappa shape index (κ3) is 2.67. The number of carbonyl (C=O) groups is 1. The fourth-order valence-electron chi connectivity index (χ4n) is 2.37. The summed E-state index contributed by atoms with van der Waals surface area (Å²) in [4.78, 5) is 14.3. The zero-order chi connectivity index (χ0) is 13.9. The van der Waals surface area contributed by atoms with Gasteiger partial charge in [0.15, 0.2) is 5.69 Å². The molecule has 0 spiro atoms. The van der Waals surface area contributed by atoms with Gasteiger partial charge in [0, 0.05) is 24.7 Å². The van der Waals surface area contributed by atoms with Crippen LogP contribution < -0.4 is 5.32 Å². The Morgan fingerprint density at radius 2 is 2.40 bits per heavy atom. The Morgan fingerprint density at radius 1 is 1.50 bits per heavy atom. The Hall–Kier alpha value is -1.50. The van der Waals surface area contributed by atoms with E-state index in [1.165, 1.54) is 6.20 Å². The number of halogens is 1. The minimum Gasteiger partial charge on any atom is -0.328 e. The summed E-state index contributed by atoms with van der Waals surface area (Å²) in [5.74, 6) is -0.0785. The van der Waals surface area contributed by atoms with Crippen LogP contribution in [0.2, 0.25) is 5.02 Å². The Kier molecular flexibility index (Phi) is 3.95. The maximum absolute atomic E-state index is 12.5. The zero-order valence-corrected chi connectivity index (χ0v) is 12.2. The van der Waals surface area contributed by atoms with Gasteiger partial charge in [-0.2, -0.15) is 8.75 Å². The Balaban J connectivity index is 1.89. The highest BCUT2D eigenvalue weighted by atomic mass is 35.5. The van der Waals surface area contributed by atoms with E-state index in [1.54, 1.807) is 0 Å². The molecule has 1 aliphatic rings. The first kappa shape index (κ1) is 13.5. The van der Waals surface area contributed by atoms with Gasteiger partial charge in [0.05, 0.1) is 24.0 Å². The Bertz CT molecular complexity index is 604. The molecule has 0 saturated carbocycles. The van der Waals surface area contributed by atoms with E-state index in [9.17, 15) is 4.79 Å². The van der Waals surface area contributed by atoms with E-state index in [-0.39, 0.29) is 11.9 Å². The quantitative estimate of drug-likeness (QED) is 0.921. The largest absolute Gasteiger partial charge is 0.328 e. The van der Waals surface area contributed by atoms with Gasteiger partial charge in [0.25, 0.3) is 5.91 Å². The highest BCUT2D eigenvalue weighted by molar-refractivity contribution is 6.99. The van der Waals surface area contributed by atoms with Crippen LogP contribution in [0.25, 0.3) is 0 Å². The number of carbonyl (C=O) groups excluding carboxylic acids is 1. The van der Waals surface area contributed by atoms with Crippen molar-refractivity contribution in [3.8, 4) is 0 Å². The average molecular weight is 309 g/mol. The highest BCUT2D eigenvalue weighted by Gasteiger charge is 2.29. The van der Waals surface area contributed by atoms with Crippen LogP contribution >= 0.6 is 23.3 Å². The van der Waals surface area contributed by atoms with Gasteiger partial charge in [-0.3, -0.25) is 4.79 Å². The molecule has 1 aromatic carbocycles. The van der Waals surface area contributed by atoms with E-state index in [1.807, 2.05) is 29.2 Å². The van der Waals surface area contributed by atoms with Crippen molar-refractivity contribution in [2.75, 3.05) is 19.6 Å². The first-order valence-electron chi connectivity index (χ1n) is 6.30. The summed E-state index contributed by atoms with van der Waals surface area (Å²) in [6.45, 7) is 2.14. The molecule has 1 atom stereocenters. The second kappa shape index (κ2) is 5.87. The van der Waals surface area contributed by atoms with Crippen LogP contribution in [-0.4, -0.2) is 39.2 Å². The van der Waals surface area contributed by atoms with Gasteiger partial charge in [-0.15, -0.1) is 0 Å². The van der Waals surface area contributed by atoms with Crippen molar-refractivity contribution in [2.24, 2.45) is 0 Å². The van der Waals surface area contributed by atoms with Crippen LogP contribution in [0.1, 0.15) is 22.1 Å². The van der Waals surface area contributed by atoms with Crippen LogP contribution in [-0.2, 0) is 0 Å². The maximum Gasteiger partial charge on any atom is 0.275 e. The zero-order valence-electron chi connectivity index (χ0n) is 10.6. The minimum atomic E-state index is -0.0785. The maximum atomic E-state index is 12.5. The first-order valence-corrected chi connectivity index (χ1v) is 7.41. The molecule has 3 rings (SSSR count). The first-order chi connectivity index (χ1) is 9.75. The number of amides is 1. The summed E-state index contributed by atoms with van der Waals surface area (Å²) in [6, 6.07) is 7.59. The molecule has 2 aromatic rings. The van der Waals surface area contributed by atoms with E-state index in [0.29, 0.717) is 23.8 Å². The molecule has 104 valence electrons. The summed E-state index contributed by atoms with van der Waals surface area (Å²) in [5, 5.41) is 3.99. The molecule has 1 aromatic heterocycles. The van der Waals surface area contributed by atoms with Gasteiger partial charge >= 0.3 is 0 Å². The van der Waals surface area contributed by atoms with Crippen LogP contribution in [0.4, 0.5) is 0 Å². The van der Waals surface area contributed by atoms with E-state index in [4.69, 9.17) is 11.6 Å². The van der Waals surface area contributed by atoms with Crippen molar-refractivity contribution in [2.45, 2.75) is 6.04 Å². The van der Waals surface area contributed by atoms with Crippen molar-refractivity contribution in [1.29, 1.82) is 0 Å². The predicted molar refractivity (Wildman–Crippen MR) is 78.0 cm³/mol. The minimum absolute atomic E-state index is 0.0309. The smallest absolute Gasteiger partial charge is 0.275 e. The van der Waals surface area contributed by atoms with Crippen molar-refractivity contribution in [3.63, 3.8) is 0 Å². The summed E-state index contributed by atoms with van der Waals surface area (Å²) in [7, 11) is 0. The number of nitrogens with zero attached hydrogens (tertiary/aromatic N) is 3. The lowest BCUT2D eigenvalue weighted by Crippen LogP contribution is -2.48. The topological polar surface area (TPSA) is 58.1 Å². The molecule has 2 heterocycles. The number of benzene rings is 1. The van der Waals surface area contributed by atoms with Crippen molar-refractivity contribution < 1.29 is 4.79 Å². The summed E-state index contributed by atoms with van der Waals surface area (Å²) < 4.78 is 7.93. The van der Waals surface area contributed by atoms with Crippen LogP contribution in [0, 0.1) is 0 Å². The second-order valence-electron chi connectivity index (χ2n) is 4.57. The van der Waals surface area contributed by atoms with Crippen molar-refractivity contribution >= 4 is 29.2 Å². The molecular formula is C13H13ClN4OS. The lowest BCUT2D eigenvalue weighted by molar-refractivity contribution is 0.0629. The average Bonchev–Trinajstić information content (AvgIpc) is 3.01. The monoisotopic (exact) mass is 308 g/mol. The number of piperazine rings is 1. The van der Waals surface area contributed by atoms with Gasteiger partial charge in [-0.25, -0.2) is 0 Å². The van der Waals surface area contributed by atoms with E-state index in [2.05, 4.69) is 14.1 Å². The van der Waals surface area contributed by atoms with E-state index in [0.717, 1.165) is 23.8 Å². The molecule has 1 saturated heterocycles. The molecule has 1 unspecified atom stereocenters. The summed E-state index contributed by atoms with van der Waals surface area (Å²) in [5.41, 5.74) is 1.44. The molecule has 0 radical (unpaired) electrons. The lowest BCUT2D eigenvalue weighted by atomic mass is 10.0. The Labute approximate surface area is 125 Å².